The van der Waals surface area contributed by atoms with Crippen molar-refractivity contribution >= 4 is 58.6 Å². The maximum atomic E-state index is 13.4. The van der Waals surface area contributed by atoms with Gasteiger partial charge in [0.25, 0.3) is 11.8 Å². The molecule has 2 atom stereocenters. The number of benzene rings is 2. The number of imide groups is 2. The molecule has 3 fully saturated rings. The van der Waals surface area contributed by atoms with Gasteiger partial charge in [0.1, 0.15) is 12.1 Å². The summed E-state index contributed by atoms with van der Waals surface area (Å²) in [5.74, 6) is -3.60. The van der Waals surface area contributed by atoms with E-state index in [9.17, 15) is 38.4 Å². The summed E-state index contributed by atoms with van der Waals surface area (Å²) in [5, 5.41) is 10.5. The van der Waals surface area contributed by atoms with E-state index in [-0.39, 0.29) is 86.1 Å². The van der Waals surface area contributed by atoms with Crippen LogP contribution in [0.15, 0.2) is 36.4 Å². The standard InChI is InChI=1S/C34H34N6O8/c41-26-13-11-24(31(45)37-26)39-15-19-3-1-6-23(28(19)34(39)48)36-30(44)18-9-7-17(8-10-18)29(43)35-22-5-2-4-20-21(22)16-40(33(20)47)25-12-14-27(42)38-32(25)46/h1-6,17-18,24-25H,7-16H2,(H,35,43)(H,36,44)(H,37,41,45)(H,38,42,46)/t17-,18+,24?,25?. The van der Waals surface area contributed by atoms with Gasteiger partial charge in [-0.25, -0.2) is 0 Å². The van der Waals surface area contributed by atoms with Crippen LogP contribution in [0.3, 0.4) is 0 Å². The summed E-state index contributed by atoms with van der Waals surface area (Å²) in [7, 11) is 0. The number of fused-ring (bicyclic) bond motifs is 2. The largest absolute Gasteiger partial charge is 0.326 e. The van der Waals surface area contributed by atoms with Crippen molar-refractivity contribution in [3.05, 3.63) is 58.7 Å². The molecule has 0 radical (unpaired) electrons. The van der Waals surface area contributed by atoms with E-state index in [0.29, 0.717) is 59.3 Å². The zero-order valence-corrected chi connectivity index (χ0v) is 26.0. The first kappa shape index (κ1) is 31.2. The smallest absolute Gasteiger partial charge is 0.257 e. The first-order valence-corrected chi connectivity index (χ1v) is 16.2. The molecule has 14 nitrogen and oxygen atoms in total. The molecular formula is C34H34N6O8. The van der Waals surface area contributed by atoms with Crippen LogP contribution < -0.4 is 21.3 Å². The van der Waals surface area contributed by atoms with Gasteiger partial charge in [-0.3, -0.25) is 49.0 Å². The molecule has 2 aromatic rings. The number of carbonyl (C=O) groups excluding carboxylic acids is 8. The number of anilines is 2. The summed E-state index contributed by atoms with van der Waals surface area (Å²) >= 11 is 0. The summed E-state index contributed by atoms with van der Waals surface area (Å²) in [6.45, 7) is 0.346. The van der Waals surface area contributed by atoms with Crippen LogP contribution in [0.2, 0.25) is 0 Å². The van der Waals surface area contributed by atoms with Gasteiger partial charge in [-0.1, -0.05) is 18.2 Å². The minimum Gasteiger partial charge on any atom is -0.326 e. The van der Waals surface area contributed by atoms with Crippen molar-refractivity contribution in [3.63, 3.8) is 0 Å². The van der Waals surface area contributed by atoms with Gasteiger partial charge in [0, 0.05) is 54.6 Å². The van der Waals surface area contributed by atoms with Crippen LogP contribution in [0, 0.1) is 11.8 Å². The molecule has 248 valence electrons. The highest BCUT2D eigenvalue weighted by Gasteiger charge is 2.42. The third kappa shape index (κ3) is 5.60. The predicted octanol–water partition coefficient (Wildman–Crippen LogP) is 1.59. The van der Waals surface area contributed by atoms with E-state index in [0.717, 1.165) is 0 Å². The second-order valence-corrected chi connectivity index (χ2v) is 13.0. The number of hydrogen-bond donors (Lipinski definition) is 4. The minimum absolute atomic E-state index is 0.140. The Morgan fingerprint density at radius 3 is 1.73 bits per heavy atom. The zero-order valence-electron chi connectivity index (χ0n) is 26.0. The van der Waals surface area contributed by atoms with E-state index in [1.807, 2.05) is 0 Å². The van der Waals surface area contributed by atoms with E-state index in [4.69, 9.17) is 0 Å². The molecule has 1 saturated carbocycles. The number of hydrogen-bond acceptors (Lipinski definition) is 8. The number of nitrogens with zero attached hydrogens (tertiary/aromatic N) is 2. The first-order chi connectivity index (χ1) is 23.1. The minimum atomic E-state index is -0.757. The van der Waals surface area contributed by atoms with Crippen LogP contribution in [0.5, 0.6) is 0 Å². The Bertz CT molecular complexity index is 1800. The molecule has 2 unspecified atom stereocenters. The fraction of sp³-hybridized carbons (Fsp3) is 0.412. The van der Waals surface area contributed by atoms with E-state index < -0.39 is 23.9 Å². The number of carbonyl (C=O) groups is 8. The Kier molecular flexibility index (Phi) is 8.01. The molecule has 2 aromatic carbocycles. The lowest BCUT2D eigenvalue weighted by Gasteiger charge is -2.29. The third-order valence-electron chi connectivity index (χ3n) is 10.1. The average Bonchev–Trinajstić information content (AvgIpc) is 3.58. The molecule has 1 aliphatic carbocycles. The van der Waals surface area contributed by atoms with Crippen molar-refractivity contribution in [2.75, 3.05) is 10.6 Å². The topological polar surface area (TPSA) is 191 Å². The molecule has 7 rings (SSSR count). The number of rotatable bonds is 6. The van der Waals surface area contributed by atoms with Gasteiger partial charge in [-0.15, -0.1) is 0 Å². The molecular weight excluding hydrogens is 620 g/mol. The second-order valence-electron chi connectivity index (χ2n) is 13.0. The predicted molar refractivity (Wildman–Crippen MR) is 168 cm³/mol. The van der Waals surface area contributed by atoms with Gasteiger partial charge in [0.15, 0.2) is 0 Å². The molecule has 8 amide bonds. The monoisotopic (exact) mass is 654 g/mol. The highest BCUT2D eigenvalue weighted by atomic mass is 16.2. The summed E-state index contributed by atoms with van der Waals surface area (Å²) in [6.07, 6.45) is 2.65. The molecule has 0 bridgehead atoms. The highest BCUT2D eigenvalue weighted by Crippen LogP contribution is 2.36. The third-order valence-corrected chi connectivity index (χ3v) is 10.1. The number of nitrogens with one attached hydrogen (secondary N) is 4. The summed E-state index contributed by atoms with van der Waals surface area (Å²) < 4.78 is 0. The van der Waals surface area contributed by atoms with E-state index in [1.165, 1.54) is 9.80 Å². The van der Waals surface area contributed by atoms with E-state index in [2.05, 4.69) is 21.3 Å². The molecule has 48 heavy (non-hydrogen) atoms. The van der Waals surface area contributed by atoms with Crippen LogP contribution in [-0.2, 0) is 41.9 Å². The van der Waals surface area contributed by atoms with Crippen LogP contribution in [0.25, 0.3) is 0 Å². The van der Waals surface area contributed by atoms with E-state index in [1.54, 1.807) is 36.4 Å². The van der Waals surface area contributed by atoms with Crippen molar-refractivity contribution in [2.24, 2.45) is 11.8 Å². The van der Waals surface area contributed by atoms with Crippen molar-refractivity contribution in [2.45, 2.75) is 76.5 Å². The number of piperidine rings is 2. The molecule has 2 saturated heterocycles. The van der Waals surface area contributed by atoms with Crippen LogP contribution >= 0.6 is 0 Å². The summed E-state index contributed by atoms with van der Waals surface area (Å²) in [6, 6.07) is 8.73. The van der Waals surface area contributed by atoms with Gasteiger partial charge < -0.3 is 20.4 Å². The highest BCUT2D eigenvalue weighted by molar-refractivity contribution is 6.10. The Morgan fingerprint density at radius 1 is 0.625 bits per heavy atom. The Labute approximate surface area is 274 Å². The van der Waals surface area contributed by atoms with Gasteiger partial charge >= 0.3 is 0 Å². The van der Waals surface area contributed by atoms with Crippen LogP contribution in [0.4, 0.5) is 11.4 Å². The van der Waals surface area contributed by atoms with Gasteiger partial charge in [0.05, 0.1) is 11.3 Å². The van der Waals surface area contributed by atoms with E-state index >= 15 is 0 Å². The van der Waals surface area contributed by atoms with Gasteiger partial charge in [-0.05, 0) is 62.3 Å². The zero-order chi connectivity index (χ0) is 33.7. The molecule has 14 heteroatoms. The molecule has 4 heterocycles. The van der Waals surface area contributed by atoms with Crippen molar-refractivity contribution in [1.29, 1.82) is 0 Å². The average molecular weight is 655 g/mol. The van der Waals surface area contributed by atoms with Crippen LogP contribution in [-0.4, -0.2) is 69.1 Å². The van der Waals surface area contributed by atoms with Crippen molar-refractivity contribution < 1.29 is 38.4 Å². The Hall–Kier alpha value is -5.40. The lowest BCUT2D eigenvalue weighted by atomic mass is 9.81. The van der Waals surface area contributed by atoms with Crippen molar-refractivity contribution in [3.8, 4) is 0 Å². The van der Waals surface area contributed by atoms with Crippen molar-refractivity contribution in [1.82, 2.24) is 20.4 Å². The molecule has 5 aliphatic rings. The second kappa shape index (κ2) is 12.3. The summed E-state index contributed by atoms with van der Waals surface area (Å²) in [4.78, 5) is 104. The number of amides is 8. The maximum Gasteiger partial charge on any atom is 0.257 e. The molecule has 0 spiro atoms. The normalized spacial score (nSPS) is 25.3. The molecule has 4 aliphatic heterocycles. The lowest BCUT2D eigenvalue weighted by molar-refractivity contribution is -0.138. The van der Waals surface area contributed by atoms with Crippen LogP contribution in [0.1, 0.15) is 83.2 Å². The van der Waals surface area contributed by atoms with Gasteiger partial charge in [0.2, 0.25) is 35.4 Å². The summed E-state index contributed by atoms with van der Waals surface area (Å²) in [5.41, 5.74) is 2.93. The lowest BCUT2D eigenvalue weighted by Crippen LogP contribution is -2.52. The fourth-order valence-corrected chi connectivity index (χ4v) is 7.51. The quantitative estimate of drug-likeness (QED) is 0.338. The van der Waals surface area contributed by atoms with Gasteiger partial charge in [-0.2, -0.15) is 0 Å². The SMILES string of the molecule is O=C1CCC(N2Cc3c(NC(=O)[C@H]4CC[C@@H](C(=O)Nc5cccc6c5C(=O)N(C5CCC(=O)NC5=O)C6)CC4)cccc3C2=O)C(=O)N1. The first-order valence-electron chi connectivity index (χ1n) is 16.2. The Balaban J connectivity index is 0.954. The Morgan fingerprint density at radius 2 is 1.15 bits per heavy atom. The fourth-order valence-electron chi connectivity index (χ4n) is 7.51. The maximum absolute atomic E-state index is 13.4. The molecule has 0 aromatic heterocycles. The molecule has 4 N–H and O–H groups in total.